The molecule has 0 aliphatic rings. The van der Waals surface area contributed by atoms with Crippen molar-refractivity contribution in [2.24, 2.45) is 0 Å². The number of rotatable bonds is 6. The third kappa shape index (κ3) is 3.55. The lowest BCUT2D eigenvalue weighted by atomic mass is 10.0. The Labute approximate surface area is 94.8 Å². The van der Waals surface area contributed by atoms with Crippen LogP contribution in [0, 0.1) is 0 Å². The van der Waals surface area contributed by atoms with Crippen molar-refractivity contribution in [3.63, 3.8) is 0 Å². The number of carboxylic acid groups (broad SMARTS) is 1. The molecular formula is C12H16O4. The molecule has 0 aromatic heterocycles. The van der Waals surface area contributed by atoms with Crippen LogP contribution in [0.5, 0.6) is 5.75 Å². The third-order valence-electron chi connectivity index (χ3n) is 2.38. The Morgan fingerprint density at radius 2 is 2.06 bits per heavy atom. The molecule has 1 rings (SSSR count). The van der Waals surface area contributed by atoms with Gasteiger partial charge in [-0.05, 0) is 11.6 Å². The maximum Gasteiger partial charge on any atom is 0.305 e. The molecule has 88 valence electrons. The van der Waals surface area contributed by atoms with Gasteiger partial charge in [-0.2, -0.15) is 0 Å². The van der Waals surface area contributed by atoms with E-state index in [0.717, 1.165) is 11.3 Å². The lowest BCUT2D eigenvalue weighted by Gasteiger charge is -2.15. The van der Waals surface area contributed by atoms with Crippen LogP contribution >= 0.6 is 0 Å². The topological polar surface area (TPSA) is 55.8 Å². The van der Waals surface area contributed by atoms with E-state index in [4.69, 9.17) is 14.6 Å². The minimum absolute atomic E-state index is 0.00541. The SMILES string of the molecule is COc1ccccc1CC(CC(=O)O)OC. The van der Waals surface area contributed by atoms with Crippen molar-refractivity contribution in [2.75, 3.05) is 14.2 Å². The average Bonchev–Trinajstić information content (AvgIpc) is 2.28. The van der Waals surface area contributed by atoms with E-state index in [9.17, 15) is 4.79 Å². The van der Waals surface area contributed by atoms with Gasteiger partial charge >= 0.3 is 5.97 Å². The Balaban J connectivity index is 2.73. The molecule has 0 heterocycles. The molecule has 0 fully saturated rings. The Hall–Kier alpha value is -1.55. The van der Waals surface area contributed by atoms with Crippen LogP contribution in [0.1, 0.15) is 12.0 Å². The summed E-state index contributed by atoms with van der Waals surface area (Å²) in [7, 11) is 3.11. The summed E-state index contributed by atoms with van der Waals surface area (Å²) in [6, 6.07) is 7.53. The number of hydrogen-bond acceptors (Lipinski definition) is 3. The zero-order chi connectivity index (χ0) is 12.0. The molecule has 0 aliphatic carbocycles. The van der Waals surface area contributed by atoms with Crippen molar-refractivity contribution in [3.8, 4) is 5.75 Å². The smallest absolute Gasteiger partial charge is 0.305 e. The Morgan fingerprint density at radius 3 is 2.62 bits per heavy atom. The molecule has 0 bridgehead atoms. The van der Waals surface area contributed by atoms with Gasteiger partial charge in [0.15, 0.2) is 0 Å². The van der Waals surface area contributed by atoms with Gasteiger partial charge in [0.2, 0.25) is 0 Å². The monoisotopic (exact) mass is 224 g/mol. The van der Waals surface area contributed by atoms with E-state index in [2.05, 4.69) is 0 Å². The Bertz CT molecular complexity index is 349. The molecule has 0 amide bonds. The summed E-state index contributed by atoms with van der Waals surface area (Å²) in [4.78, 5) is 10.6. The van der Waals surface area contributed by atoms with Crippen LogP contribution < -0.4 is 4.74 Å². The summed E-state index contributed by atoms with van der Waals surface area (Å²) in [5.74, 6) is -0.100. The molecule has 4 heteroatoms. The first-order valence-corrected chi connectivity index (χ1v) is 5.04. The highest BCUT2D eigenvalue weighted by molar-refractivity contribution is 5.67. The molecule has 0 spiro atoms. The van der Waals surface area contributed by atoms with Crippen LogP contribution in [-0.2, 0) is 16.0 Å². The maximum atomic E-state index is 10.6. The van der Waals surface area contributed by atoms with Gasteiger partial charge in [-0.3, -0.25) is 4.79 Å². The molecule has 1 atom stereocenters. The molecule has 0 saturated carbocycles. The van der Waals surface area contributed by atoms with E-state index in [1.165, 1.54) is 7.11 Å². The number of carboxylic acids is 1. The minimum Gasteiger partial charge on any atom is -0.496 e. The van der Waals surface area contributed by atoms with E-state index in [1.807, 2.05) is 24.3 Å². The van der Waals surface area contributed by atoms with Crippen molar-refractivity contribution in [3.05, 3.63) is 29.8 Å². The van der Waals surface area contributed by atoms with Gasteiger partial charge in [0, 0.05) is 13.5 Å². The van der Waals surface area contributed by atoms with Crippen LogP contribution in [-0.4, -0.2) is 31.4 Å². The second kappa shape index (κ2) is 6.12. The van der Waals surface area contributed by atoms with Crippen molar-refractivity contribution < 1.29 is 19.4 Å². The van der Waals surface area contributed by atoms with Crippen molar-refractivity contribution >= 4 is 5.97 Å². The quantitative estimate of drug-likeness (QED) is 0.799. The first-order chi connectivity index (χ1) is 7.67. The van der Waals surface area contributed by atoms with Gasteiger partial charge in [0.25, 0.3) is 0 Å². The molecule has 16 heavy (non-hydrogen) atoms. The van der Waals surface area contributed by atoms with Gasteiger partial charge in [0.05, 0.1) is 19.6 Å². The normalized spacial score (nSPS) is 12.1. The van der Waals surface area contributed by atoms with Crippen LogP contribution in [0.25, 0.3) is 0 Å². The summed E-state index contributed by atoms with van der Waals surface area (Å²) in [5, 5.41) is 8.71. The predicted molar refractivity (Wildman–Crippen MR) is 59.7 cm³/mol. The predicted octanol–water partition coefficient (Wildman–Crippen LogP) is 1.73. The summed E-state index contributed by atoms with van der Waals surface area (Å²) in [5.41, 5.74) is 0.957. The zero-order valence-electron chi connectivity index (χ0n) is 9.47. The molecule has 1 aromatic rings. The van der Waals surface area contributed by atoms with Crippen molar-refractivity contribution in [1.82, 2.24) is 0 Å². The third-order valence-corrected chi connectivity index (χ3v) is 2.38. The van der Waals surface area contributed by atoms with Crippen LogP contribution in [0.4, 0.5) is 0 Å². The largest absolute Gasteiger partial charge is 0.496 e. The van der Waals surface area contributed by atoms with E-state index in [0.29, 0.717) is 6.42 Å². The minimum atomic E-state index is -0.859. The first-order valence-electron chi connectivity index (χ1n) is 5.04. The lowest BCUT2D eigenvalue weighted by molar-refractivity contribution is -0.139. The number of hydrogen-bond donors (Lipinski definition) is 1. The number of ether oxygens (including phenoxy) is 2. The number of carbonyl (C=O) groups is 1. The Morgan fingerprint density at radius 1 is 1.38 bits per heavy atom. The molecule has 0 saturated heterocycles. The zero-order valence-corrected chi connectivity index (χ0v) is 9.47. The number of methoxy groups -OCH3 is 2. The van der Waals surface area contributed by atoms with E-state index in [-0.39, 0.29) is 12.5 Å². The fourth-order valence-electron chi connectivity index (χ4n) is 1.55. The van der Waals surface area contributed by atoms with Crippen LogP contribution in [0.2, 0.25) is 0 Å². The second-order valence-corrected chi connectivity index (χ2v) is 3.47. The van der Waals surface area contributed by atoms with Gasteiger partial charge in [-0.15, -0.1) is 0 Å². The molecule has 1 aromatic carbocycles. The highest BCUT2D eigenvalue weighted by Gasteiger charge is 2.14. The van der Waals surface area contributed by atoms with E-state index >= 15 is 0 Å². The van der Waals surface area contributed by atoms with Crippen molar-refractivity contribution in [2.45, 2.75) is 18.9 Å². The summed E-state index contributed by atoms with van der Waals surface area (Å²) < 4.78 is 10.3. The summed E-state index contributed by atoms with van der Waals surface area (Å²) in [6.45, 7) is 0. The van der Waals surface area contributed by atoms with Gasteiger partial charge in [-0.1, -0.05) is 18.2 Å². The molecular weight excluding hydrogens is 208 g/mol. The first kappa shape index (κ1) is 12.5. The standard InChI is InChI=1S/C12H16O4/c1-15-10(8-12(13)14)7-9-5-3-4-6-11(9)16-2/h3-6,10H,7-8H2,1-2H3,(H,13,14). The molecule has 0 aliphatic heterocycles. The molecule has 1 N–H and O–H groups in total. The van der Waals surface area contributed by atoms with Gasteiger partial charge in [0.1, 0.15) is 5.75 Å². The van der Waals surface area contributed by atoms with Crippen LogP contribution in [0.3, 0.4) is 0 Å². The Kier molecular flexibility index (Phi) is 4.79. The highest BCUT2D eigenvalue weighted by Crippen LogP contribution is 2.20. The fraction of sp³-hybridized carbons (Fsp3) is 0.417. The molecule has 0 radical (unpaired) electrons. The number of benzene rings is 1. The fourth-order valence-corrected chi connectivity index (χ4v) is 1.55. The second-order valence-electron chi connectivity index (χ2n) is 3.47. The highest BCUT2D eigenvalue weighted by atomic mass is 16.5. The maximum absolute atomic E-state index is 10.6. The van der Waals surface area contributed by atoms with E-state index in [1.54, 1.807) is 7.11 Å². The van der Waals surface area contributed by atoms with Crippen molar-refractivity contribution in [1.29, 1.82) is 0 Å². The molecule has 1 unspecified atom stereocenters. The van der Waals surface area contributed by atoms with Gasteiger partial charge < -0.3 is 14.6 Å². The van der Waals surface area contributed by atoms with Crippen LogP contribution in [0.15, 0.2) is 24.3 Å². The summed E-state index contributed by atoms with van der Waals surface area (Å²) >= 11 is 0. The lowest BCUT2D eigenvalue weighted by Crippen LogP contribution is -2.18. The van der Waals surface area contributed by atoms with E-state index < -0.39 is 5.97 Å². The number of para-hydroxylation sites is 1. The summed E-state index contributed by atoms with van der Waals surface area (Å²) in [6.07, 6.45) is 0.204. The average molecular weight is 224 g/mol. The van der Waals surface area contributed by atoms with Gasteiger partial charge in [-0.25, -0.2) is 0 Å². The molecule has 4 nitrogen and oxygen atoms in total. The number of aliphatic carboxylic acids is 1.